The second-order valence-corrected chi connectivity index (χ2v) is 7.65. The van der Waals surface area contributed by atoms with Gasteiger partial charge in [0.15, 0.2) is 5.69 Å². The number of amides is 1. The lowest BCUT2D eigenvalue weighted by atomic mass is 10.0. The molecule has 1 aromatic heterocycles. The predicted molar refractivity (Wildman–Crippen MR) is 118 cm³/mol. The van der Waals surface area contributed by atoms with Crippen LogP contribution in [0.15, 0.2) is 65.5 Å². The van der Waals surface area contributed by atoms with Crippen molar-refractivity contribution in [2.75, 3.05) is 32.8 Å². The molecule has 1 saturated heterocycles. The van der Waals surface area contributed by atoms with Crippen molar-refractivity contribution in [3.8, 4) is 5.69 Å². The average Bonchev–Trinajstić information content (AvgIpc) is 2.81. The minimum Gasteiger partial charge on any atom is -0.379 e. The number of hydrogen-bond donors (Lipinski definition) is 1. The normalized spacial score (nSPS) is 15.3. The number of hydrogen-bond acceptors (Lipinski definition) is 5. The maximum atomic E-state index is 14.3. The molecular weight excluding hydrogens is 411 g/mol. The predicted octanol–water partition coefficient (Wildman–Crippen LogP) is 2.48. The van der Waals surface area contributed by atoms with E-state index in [0.717, 1.165) is 18.7 Å². The van der Waals surface area contributed by atoms with E-state index in [-0.39, 0.29) is 17.4 Å². The number of nitrogens with one attached hydrogen (secondary N) is 1. The zero-order chi connectivity index (χ0) is 22.5. The molecule has 2 aromatic carbocycles. The Kier molecular flexibility index (Phi) is 6.72. The van der Waals surface area contributed by atoms with Gasteiger partial charge in [-0.1, -0.05) is 42.5 Å². The molecule has 7 nitrogen and oxygen atoms in total. The van der Waals surface area contributed by atoms with E-state index in [1.807, 2.05) is 30.3 Å². The lowest BCUT2D eigenvalue weighted by Crippen LogP contribution is -2.44. The molecule has 1 atom stereocenters. The highest BCUT2D eigenvalue weighted by Crippen LogP contribution is 2.21. The van der Waals surface area contributed by atoms with Crippen molar-refractivity contribution in [3.05, 3.63) is 93.7 Å². The summed E-state index contributed by atoms with van der Waals surface area (Å²) < 4.78 is 21.0. The fourth-order valence-corrected chi connectivity index (χ4v) is 3.87. The van der Waals surface area contributed by atoms with E-state index in [1.54, 1.807) is 25.1 Å². The van der Waals surface area contributed by atoms with Crippen molar-refractivity contribution in [1.82, 2.24) is 20.0 Å². The van der Waals surface area contributed by atoms with Crippen molar-refractivity contribution in [1.29, 1.82) is 0 Å². The largest absolute Gasteiger partial charge is 0.379 e. The van der Waals surface area contributed by atoms with Crippen LogP contribution < -0.4 is 10.7 Å². The first-order valence-corrected chi connectivity index (χ1v) is 10.6. The molecule has 1 aliphatic heterocycles. The molecule has 8 heteroatoms. The van der Waals surface area contributed by atoms with Gasteiger partial charge in [-0.05, 0) is 24.6 Å². The molecule has 0 spiro atoms. The Morgan fingerprint density at radius 2 is 1.81 bits per heavy atom. The van der Waals surface area contributed by atoms with Crippen LogP contribution in [0.3, 0.4) is 0 Å². The molecule has 4 rings (SSSR count). The second kappa shape index (κ2) is 9.84. The summed E-state index contributed by atoms with van der Waals surface area (Å²) in [6, 6.07) is 17.2. The van der Waals surface area contributed by atoms with Gasteiger partial charge in [0.25, 0.3) is 5.91 Å². The van der Waals surface area contributed by atoms with Crippen molar-refractivity contribution in [2.45, 2.75) is 13.0 Å². The number of morpholine rings is 1. The Morgan fingerprint density at radius 3 is 2.53 bits per heavy atom. The fraction of sp³-hybridized carbons (Fsp3) is 0.292. The van der Waals surface area contributed by atoms with Gasteiger partial charge in [-0.25, -0.2) is 9.07 Å². The van der Waals surface area contributed by atoms with E-state index >= 15 is 0 Å². The van der Waals surface area contributed by atoms with Gasteiger partial charge in [0.1, 0.15) is 11.5 Å². The van der Waals surface area contributed by atoms with E-state index in [2.05, 4.69) is 15.3 Å². The zero-order valence-electron chi connectivity index (χ0n) is 17.8. The maximum absolute atomic E-state index is 14.3. The molecule has 32 heavy (non-hydrogen) atoms. The van der Waals surface area contributed by atoms with Gasteiger partial charge in [0.05, 0.1) is 19.3 Å². The van der Waals surface area contributed by atoms with E-state index in [4.69, 9.17) is 4.74 Å². The third-order valence-electron chi connectivity index (χ3n) is 5.53. The van der Waals surface area contributed by atoms with Crippen LogP contribution in [-0.4, -0.2) is 53.4 Å². The van der Waals surface area contributed by atoms with Crippen LogP contribution in [0, 0.1) is 12.7 Å². The number of aryl methyl sites for hydroxylation is 1. The summed E-state index contributed by atoms with van der Waals surface area (Å²) in [5.74, 6) is -1.08. The van der Waals surface area contributed by atoms with E-state index in [1.165, 1.54) is 16.8 Å². The van der Waals surface area contributed by atoms with Crippen LogP contribution in [0.4, 0.5) is 4.39 Å². The van der Waals surface area contributed by atoms with Gasteiger partial charge in [0, 0.05) is 31.4 Å². The first-order chi connectivity index (χ1) is 15.5. The molecule has 1 fully saturated rings. The van der Waals surface area contributed by atoms with Crippen LogP contribution in [0.2, 0.25) is 0 Å². The lowest BCUT2D eigenvalue weighted by Gasteiger charge is -2.34. The highest BCUT2D eigenvalue weighted by Gasteiger charge is 2.24. The first-order valence-electron chi connectivity index (χ1n) is 10.6. The average molecular weight is 436 g/mol. The van der Waals surface area contributed by atoms with Gasteiger partial charge in [-0.15, -0.1) is 0 Å². The summed E-state index contributed by atoms with van der Waals surface area (Å²) in [5.41, 5.74) is 0.903. The minimum absolute atomic E-state index is 0.0664. The van der Waals surface area contributed by atoms with Gasteiger partial charge in [-0.2, -0.15) is 5.10 Å². The monoisotopic (exact) mass is 436 g/mol. The van der Waals surface area contributed by atoms with Crippen molar-refractivity contribution >= 4 is 5.91 Å². The minimum atomic E-state index is -0.589. The molecule has 1 unspecified atom stereocenters. The summed E-state index contributed by atoms with van der Waals surface area (Å²) in [7, 11) is 0. The molecule has 0 saturated carbocycles. The molecule has 1 aliphatic rings. The van der Waals surface area contributed by atoms with E-state index in [0.29, 0.717) is 25.5 Å². The Bertz CT molecular complexity index is 1140. The van der Waals surface area contributed by atoms with E-state index in [9.17, 15) is 14.0 Å². The van der Waals surface area contributed by atoms with Gasteiger partial charge >= 0.3 is 0 Å². The number of nitrogens with zero attached hydrogens (tertiary/aromatic N) is 3. The molecular formula is C24H25FN4O3. The highest BCUT2D eigenvalue weighted by atomic mass is 19.1. The highest BCUT2D eigenvalue weighted by molar-refractivity contribution is 5.92. The first kappa shape index (κ1) is 21.9. The number of rotatable bonds is 6. The zero-order valence-corrected chi connectivity index (χ0v) is 17.8. The molecule has 0 bridgehead atoms. The standard InChI is InChI=1S/C24H25FN4O3/c1-17-15-22(30)23(27-29(17)20-10-6-5-9-19(20)25)24(31)26-16-21(18-7-3-2-4-8-18)28-11-13-32-14-12-28/h2-10,15,21H,11-14,16H2,1H3,(H,26,31). The fourth-order valence-electron chi connectivity index (χ4n) is 3.87. The number of carbonyl (C=O) groups excluding carboxylic acids is 1. The summed E-state index contributed by atoms with van der Waals surface area (Å²) in [6.45, 7) is 4.70. The number of halogens is 1. The molecule has 1 N–H and O–H groups in total. The molecule has 3 aromatic rings. The number of aromatic nitrogens is 2. The Morgan fingerprint density at radius 1 is 1.12 bits per heavy atom. The quantitative estimate of drug-likeness (QED) is 0.643. The third kappa shape index (κ3) is 4.76. The summed E-state index contributed by atoms with van der Waals surface area (Å²) in [5, 5.41) is 7.04. The summed E-state index contributed by atoms with van der Waals surface area (Å²) >= 11 is 0. The van der Waals surface area contributed by atoms with Crippen molar-refractivity contribution in [3.63, 3.8) is 0 Å². The number of ether oxygens (including phenoxy) is 1. The SMILES string of the molecule is Cc1cc(=O)c(C(=O)NCC(c2ccccc2)N2CCOCC2)nn1-c1ccccc1F. The third-order valence-corrected chi connectivity index (χ3v) is 5.53. The van der Waals surface area contributed by atoms with Gasteiger partial charge < -0.3 is 10.1 Å². The van der Waals surface area contributed by atoms with Crippen LogP contribution >= 0.6 is 0 Å². The second-order valence-electron chi connectivity index (χ2n) is 7.65. The van der Waals surface area contributed by atoms with Crippen LogP contribution in [-0.2, 0) is 4.74 Å². The molecule has 1 amide bonds. The lowest BCUT2D eigenvalue weighted by molar-refractivity contribution is 0.0162. The van der Waals surface area contributed by atoms with Crippen LogP contribution in [0.5, 0.6) is 0 Å². The summed E-state index contributed by atoms with van der Waals surface area (Å²) in [4.78, 5) is 27.7. The van der Waals surface area contributed by atoms with Gasteiger partial charge in [0.2, 0.25) is 5.43 Å². The van der Waals surface area contributed by atoms with Crippen LogP contribution in [0.1, 0.15) is 27.8 Å². The topological polar surface area (TPSA) is 76.5 Å². The maximum Gasteiger partial charge on any atom is 0.275 e. The summed E-state index contributed by atoms with van der Waals surface area (Å²) in [6.07, 6.45) is 0. The smallest absolute Gasteiger partial charge is 0.275 e. The molecule has 2 heterocycles. The number of carbonyl (C=O) groups is 1. The van der Waals surface area contributed by atoms with E-state index < -0.39 is 17.2 Å². The molecule has 166 valence electrons. The van der Waals surface area contributed by atoms with Gasteiger partial charge in [-0.3, -0.25) is 14.5 Å². The van der Waals surface area contributed by atoms with Crippen molar-refractivity contribution in [2.24, 2.45) is 0 Å². The Hall–Kier alpha value is -3.36. The molecule has 0 radical (unpaired) electrons. The Labute approximate surface area is 185 Å². The Balaban J connectivity index is 1.58. The van der Waals surface area contributed by atoms with Crippen LogP contribution in [0.25, 0.3) is 5.69 Å². The van der Waals surface area contributed by atoms with Crippen molar-refractivity contribution < 1.29 is 13.9 Å². The molecule has 0 aliphatic carbocycles. The number of para-hydroxylation sites is 1. The number of benzene rings is 2.